The van der Waals surface area contributed by atoms with Crippen molar-refractivity contribution in [3.05, 3.63) is 42.5 Å². The molecule has 0 aromatic heterocycles. The van der Waals surface area contributed by atoms with E-state index in [9.17, 15) is 0 Å². The van der Waals surface area contributed by atoms with Crippen molar-refractivity contribution < 1.29 is 4.74 Å². The molecular weight excluding hydrogens is 242 g/mol. The van der Waals surface area contributed by atoms with Crippen LogP contribution in [0, 0.1) is 0 Å². The fourth-order valence-corrected chi connectivity index (χ4v) is 2.34. The molecule has 1 atom stereocenters. The lowest BCUT2D eigenvalue weighted by Gasteiger charge is -2.17. The molecule has 0 spiro atoms. The average Bonchev–Trinajstić information content (AvgIpc) is 2.39. The van der Waals surface area contributed by atoms with E-state index in [-0.39, 0.29) is 0 Å². The molecule has 0 saturated heterocycles. The maximum absolute atomic E-state index is 5.64. The van der Waals surface area contributed by atoms with Crippen LogP contribution in [0.25, 0.3) is 0 Å². The molecule has 0 amide bonds. The van der Waals surface area contributed by atoms with Crippen LogP contribution in [0.2, 0.25) is 0 Å². The third-order valence-electron chi connectivity index (χ3n) is 2.62. The predicted molar refractivity (Wildman–Crippen MR) is 81.6 cm³/mol. The molecule has 2 nitrogen and oxygen atoms in total. The van der Waals surface area contributed by atoms with E-state index in [1.165, 1.54) is 5.56 Å². The van der Waals surface area contributed by atoms with E-state index in [1.54, 1.807) is 0 Å². The van der Waals surface area contributed by atoms with Crippen molar-refractivity contribution in [2.45, 2.75) is 19.9 Å². The molecule has 1 aromatic rings. The number of para-hydroxylation sites is 1. The molecule has 0 aliphatic carbocycles. The highest BCUT2D eigenvalue weighted by atomic mass is 32.2. The Hall–Kier alpha value is -0.930. The Morgan fingerprint density at radius 1 is 1.44 bits per heavy atom. The summed E-state index contributed by atoms with van der Waals surface area (Å²) in [4.78, 5) is 0. The van der Waals surface area contributed by atoms with Gasteiger partial charge in [0.1, 0.15) is 5.75 Å². The van der Waals surface area contributed by atoms with Crippen LogP contribution in [0.3, 0.4) is 0 Å². The summed E-state index contributed by atoms with van der Waals surface area (Å²) in [5, 5.41) is 3.52. The second-order valence-corrected chi connectivity index (χ2v) is 5.16. The fourth-order valence-electron chi connectivity index (χ4n) is 1.75. The van der Waals surface area contributed by atoms with Crippen molar-refractivity contribution in [1.82, 2.24) is 5.32 Å². The Morgan fingerprint density at radius 3 is 2.94 bits per heavy atom. The van der Waals surface area contributed by atoms with Crippen LogP contribution in [-0.2, 0) is 0 Å². The molecule has 1 N–H and O–H groups in total. The summed E-state index contributed by atoms with van der Waals surface area (Å²) in [5.41, 5.74) is 1.23. The molecule has 100 valence electrons. The van der Waals surface area contributed by atoms with Gasteiger partial charge >= 0.3 is 0 Å². The number of hydrogen-bond acceptors (Lipinski definition) is 3. The van der Waals surface area contributed by atoms with E-state index in [1.807, 2.05) is 36.9 Å². The molecule has 0 aliphatic heterocycles. The molecule has 3 heteroatoms. The fraction of sp³-hybridized carbons (Fsp3) is 0.467. The van der Waals surface area contributed by atoms with E-state index < -0.39 is 0 Å². The summed E-state index contributed by atoms with van der Waals surface area (Å²) >= 11 is 1.89. The van der Waals surface area contributed by atoms with Crippen LogP contribution in [0.4, 0.5) is 0 Å². The molecule has 18 heavy (non-hydrogen) atoms. The van der Waals surface area contributed by atoms with Gasteiger partial charge in [0.05, 0.1) is 6.61 Å². The van der Waals surface area contributed by atoms with Crippen LogP contribution >= 0.6 is 11.8 Å². The Bertz CT molecular complexity index is 354. The van der Waals surface area contributed by atoms with Crippen molar-refractivity contribution >= 4 is 11.8 Å². The number of rotatable bonds is 9. The minimum absolute atomic E-state index is 0.317. The van der Waals surface area contributed by atoms with Gasteiger partial charge in [0.2, 0.25) is 0 Å². The first kappa shape index (κ1) is 15.1. The number of thioether (sulfide) groups is 1. The molecule has 1 aromatic carbocycles. The summed E-state index contributed by atoms with van der Waals surface area (Å²) in [6.45, 7) is 9.61. The number of benzene rings is 1. The maximum Gasteiger partial charge on any atom is 0.124 e. The number of ether oxygens (including phenoxy) is 1. The van der Waals surface area contributed by atoms with Gasteiger partial charge in [0.15, 0.2) is 0 Å². The third kappa shape index (κ3) is 5.15. The molecule has 0 heterocycles. The zero-order valence-corrected chi connectivity index (χ0v) is 12.1. The molecule has 1 rings (SSSR count). The molecule has 0 radical (unpaired) electrons. The summed E-state index contributed by atoms with van der Waals surface area (Å²) in [5.74, 6) is 3.11. The van der Waals surface area contributed by atoms with Gasteiger partial charge in [-0.25, -0.2) is 0 Å². The van der Waals surface area contributed by atoms with Crippen molar-refractivity contribution in [2.24, 2.45) is 0 Å². The lowest BCUT2D eigenvalue weighted by molar-refractivity contribution is 0.332. The summed E-state index contributed by atoms with van der Waals surface area (Å²) in [6.07, 6.45) is 1.94. The van der Waals surface area contributed by atoms with Crippen molar-refractivity contribution in [2.75, 3.05) is 24.7 Å². The quantitative estimate of drug-likeness (QED) is 0.544. The van der Waals surface area contributed by atoms with E-state index >= 15 is 0 Å². The van der Waals surface area contributed by atoms with Crippen LogP contribution in [0.5, 0.6) is 5.75 Å². The third-order valence-corrected chi connectivity index (χ3v) is 3.58. The molecule has 0 saturated carbocycles. The van der Waals surface area contributed by atoms with Crippen LogP contribution in [-0.4, -0.2) is 24.7 Å². The lowest BCUT2D eigenvalue weighted by atomic mass is 10.1. The highest BCUT2D eigenvalue weighted by molar-refractivity contribution is 7.99. The Balaban J connectivity index is 2.44. The van der Waals surface area contributed by atoms with Gasteiger partial charge in [0, 0.05) is 29.7 Å². The predicted octanol–water partition coefficient (Wildman–Crippen LogP) is 3.66. The highest BCUT2D eigenvalue weighted by Crippen LogP contribution is 2.24. The van der Waals surface area contributed by atoms with Gasteiger partial charge in [-0.15, -0.1) is 6.58 Å². The minimum Gasteiger partial charge on any atom is -0.494 e. The largest absolute Gasteiger partial charge is 0.494 e. The Morgan fingerprint density at radius 2 is 2.22 bits per heavy atom. The smallest absolute Gasteiger partial charge is 0.124 e. The first-order chi connectivity index (χ1) is 8.79. The normalized spacial score (nSPS) is 12.1. The molecule has 0 aliphatic rings. The average molecular weight is 265 g/mol. The number of nitrogens with one attached hydrogen (secondary N) is 1. The van der Waals surface area contributed by atoms with Gasteiger partial charge < -0.3 is 10.1 Å². The topological polar surface area (TPSA) is 21.3 Å². The SMILES string of the molecule is C=CCSCCNC(C)c1ccccc1OCC. The second kappa shape index (κ2) is 9.06. The van der Waals surface area contributed by atoms with Crippen LogP contribution in [0.15, 0.2) is 36.9 Å². The van der Waals surface area contributed by atoms with Crippen LogP contribution < -0.4 is 10.1 Å². The monoisotopic (exact) mass is 265 g/mol. The Kier molecular flexibility index (Phi) is 7.62. The number of hydrogen-bond donors (Lipinski definition) is 1. The molecule has 0 bridgehead atoms. The van der Waals surface area contributed by atoms with E-state index in [4.69, 9.17) is 4.74 Å². The zero-order valence-electron chi connectivity index (χ0n) is 11.3. The molecular formula is C15H23NOS. The van der Waals surface area contributed by atoms with Crippen molar-refractivity contribution in [3.63, 3.8) is 0 Å². The molecule has 1 unspecified atom stereocenters. The van der Waals surface area contributed by atoms with Crippen molar-refractivity contribution in [1.29, 1.82) is 0 Å². The summed E-state index contributed by atoms with van der Waals surface area (Å²) in [6, 6.07) is 8.55. The zero-order chi connectivity index (χ0) is 13.2. The van der Waals surface area contributed by atoms with Crippen LogP contribution in [0.1, 0.15) is 25.5 Å². The summed E-state index contributed by atoms with van der Waals surface area (Å²) < 4.78 is 5.64. The first-order valence-electron chi connectivity index (χ1n) is 6.43. The maximum atomic E-state index is 5.64. The summed E-state index contributed by atoms with van der Waals surface area (Å²) in [7, 11) is 0. The minimum atomic E-state index is 0.317. The van der Waals surface area contributed by atoms with Gasteiger partial charge in [0.25, 0.3) is 0 Å². The molecule has 0 fully saturated rings. The lowest BCUT2D eigenvalue weighted by Crippen LogP contribution is -2.22. The van der Waals surface area contributed by atoms with Gasteiger partial charge in [-0.05, 0) is 19.9 Å². The first-order valence-corrected chi connectivity index (χ1v) is 7.58. The van der Waals surface area contributed by atoms with E-state index in [2.05, 4.69) is 31.0 Å². The highest BCUT2D eigenvalue weighted by Gasteiger charge is 2.09. The van der Waals surface area contributed by atoms with Crippen molar-refractivity contribution in [3.8, 4) is 5.75 Å². The standard InChI is InChI=1S/C15H23NOS/c1-4-11-18-12-10-16-13(3)14-8-6-7-9-15(14)17-5-2/h4,6-9,13,16H,1,5,10-12H2,2-3H3. The van der Waals surface area contributed by atoms with Gasteiger partial charge in [-0.1, -0.05) is 24.3 Å². The van der Waals surface area contributed by atoms with E-state index in [0.717, 1.165) is 23.8 Å². The van der Waals surface area contributed by atoms with E-state index in [0.29, 0.717) is 12.6 Å². The second-order valence-electron chi connectivity index (χ2n) is 4.01. The van der Waals surface area contributed by atoms with Gasteiger partial charge in [-0.3, -0.25) is 0 Å². The van der Waals surface area contributed by atoms with Gasteiger partial charge in [-0.2, -0.15) is 11.8 Å². The Labute approximate surface area is 115 Å².